The third kappa shape index (κ3) is 0.355. The van der Waals surface area contributed by atoms with E-state index in [0.717, 1.165) is 0 Å². The van der Waals surface area contributed by atoms with E-state index in [1.807, 2.05) is 0 Å². The lowest BCUT2D eigenvalue weighted by Gasteiger charge is -2.02. The van der Waals surface area contributed by atoms with Crippen molar-refractivity contribution in [2.75, 3.05) is 0 Å². The van der Waals surface area contributed by atoms with Crippen LogP contribution in [0.5, 0.6) is 0 Å². The molecule has 0 bridgehead atoms. The van der Waals surface area contributed by atoms with Crippen molar-refractivity contribution in [1.82, 2.24) is 0 Å². The lowest BCUT2D eigenvalue weighted by molar-refractivity contribution is 0.115. The standard InChI is InChI=1S/C9H11NO/c10-6-5-9(11)7(1-2-7)8(9)3-4-8/h11H,1-5H2. The molecule has 0 aliphatic heterocycles. The largest absolute Gasteiger partial charge is 0.388 e. The highest BCUT2D eigenvalue weighted by Gasteiger charge is 2.95. The second-order valence-corrected chi connectivity index (χ2v) is 4.36. The molecule has 3 saturated carbocycles. The molecule has 11 heavy (non-hydrogen) atoms. The van der Waals surface area contributed by atoms with E-state index in [9.17, 15) is 5.11 Å². The second kappa shape index (κ2) is 1.23. The average Bonchev–Trinajstić information content (AvgIpc) is 2.83. The molecule has 3 fully saturated rings. The molecule has 2 nitrogen and oxygen atoms in total. The first-order valence-corrected chi connectivity index (χ1v) is 4.32. The van der Waals surface area contributed by atoms with Gasteiger partial charge in [-0.2, -0.15) is 5.26 Å². The van der Waals surface area contributed by atoms with Crippen LogP contribution in [0, 0.1) is 22.2 Å². The van der Waals surface area contributed by atoms with Gasteiger partial charge < -0.3 is 5.11 Å². The Balaban J connectivity index is 1.97. The minimum atomic E-state index is -0.547. The Bertz CT molecular complexity index is 250. The first-order chi connectivity index (χ1) is 5.22. The molecular formula is C9H11NO. The van der Waals surface area contributed by atoms with Crippen molar-refractivity contribution in [2.24, 2.45) is 10.8 Å². The highest BCUT2D eigenvalue weighted by molar-refractivity contribution is 5.45. The van der Waals surface area contributed by atoms with Gasteiger partial charge in [0.15, 0.2) is 0 Å². The van der Waals surface area contributed by atoms with Gasteiger partial charge in [-0.25, -0.2) is 0 Å². The number of fused-ring (bicyclic) bond motifs is 1. The van der Waals surface area contributed by atoms with E-state index in [1.54, 1.807) is 0 Å². The number of nitrogens with zero attached hydrogens (tertiary/aromatic N) is 1. The number of aliphatic hydroxyl groups is 1. The first-order valence-electron chi connectivity index (χ1n) is 4.32. The minimum absolute atomic E-state index is 0.246. The zero-order chi connectivity index (χ0) is 7.74. The van der Waals surface area contributed by atoms with Gasteiger partial charge in [-0.05, 0) is 25.7 Å². The van der Waals surface area contributed by atoms with Gasteiger partial charge in [0.1, 0.15) is 0 Å². The molecule has 0 unspecified atom stereocenters. The Hall–Kier alpha value is -0.550. The third-order valence-corrected chi connectivity index (χ3v) is 4.27. The molecule has 0 saturated heterocycles. The van der Waals surface area contributed by atoms with Crippen molar-refractivity contribution in [3.63, 3.8) is 0 Å². The highest BCUT2D eigenvalue weighted by atomic mass is 16.3. The van der Waals surface area contributed by atoms with Gasteiger partial charge in [-0.3, -0.25) is 0 Å². The van der Waals surface area contributed by atoms with Crippen LogP contribution in [-0.4, -0.2) is 10.7 Å². The van der Waals surface area contributed by atoms with E-state index in [-0.39, 0.29) is 10.8 Å². The Kier molecular flexibility index (Phi) is 0.672. The van der Waals surface area contributed by atoms with Crippen molar-refractivity contribution in [2.45, 2.75) is 37.7 Å². The fourth-order valence-electron chi connectivity index (χ4n) is 3.39. The quantitative estimate of drug-likeness (QED) is 0.609. The summed E-state index contributed by atoms with van der Waals surface area (Å²) in [4.78, 5) is 0. The van der Waals surface area contributed by atoms with Crippen molar-refractivity contribution in [3.05, 3.63) is 0 Å². The summed E-state index contributed by atoms with van der Waals surface area (Å²) in [5.41, 5.74) is -0.0553. The van der Waals surface area contributed by atoms with Gasteiger partial charge in [-0.1, -0.05) is 0 Å². The van der Waals surface area contributed by atoms with Crippen LogP contribution >= 0.6 is 0 Å². The van der Waals surface area contributed by atoms with Crippen LogP contribution < -0.4 is 0 Å². The summed E-state index contributed by atoms with van der Waals surface area (Å²) in [5.74, 6) is 0. The molecule has 0 amide bonds. The fourth-order valence-corrected chi connectivity index (χ4v) is 3.39. The number of rotatable bonds is 1. The first kappa shape index (κ1) is 6.02. The SMILES string of the molecule is N#CCC1(O)C2(CC2)C12CC2. The summed E-state index contributed by atoms with van der Waals surface area (Å²) in [6.07, 6.45) is 5.06. The van der Waals surface area contributed by atoms with Gasteiger partial charge in [0.05, 0.1) is 18.1 Å². The molecule has 0 radical (unpaired) electrons. The molecule has 1 N–H and O–H groups in total. The smallest absolute Gasteiger partial charge is 0.0901 e. The van der Waals surface area contributed by atoms with Crippen molar-refractivity contribution in [3.8, 4) is 6.07 Å². The van der Waals surface area contributed by atoms with E-state index in [0.29, 0.717) is 6.42 Å². The average molecular weight is 149 g/mol. The number of hydrogen-bond donors (Lipinski definition) is 1. The molecule has 0 aromatic heterocycles. The van der Waals surface area contributed by atoms with Crippen molar-refractivity contribution >= 4 is 0 Å². The van der Waals surface area contributed by atoms with Gasteiger partial charge in [0.25, 0.3) is 0 Å². The molecule has 58 valence electrons. The summed E-state index contributed by atoms with van der Waals surface area (Å²) in [6.45, 7) is 0. The summed E-state index contributed by atoms with van der Waals surface area (Å²) >= 11 is 0. The van der Waals surface area contributed by atoms with E-state index < -0.39 is 5.60 Å². The van der Waals surface area contributed by atoms with Crippen LogP contribution in [0.3, 0.4) is 0 Å². The van der Waals surface area contributed by atoms with Crippen molar-refractivity contribution in [1.29, 1.82) is 5.26 Å². The molecule has 0 aromatic rings. The zero-order valence-electron chi connectivity index (χ0n) is 6.43. The van der Waals surface area contributed by atoms with Gasteiger partial charge in [0.2, 0.25) is 0 Å². The van der Waals surface area contributed by atoms with E-state index in [1.165, 1.54) is 25.7 Å². The van der Waals surface area contributed by atoms with Gasteiger partial charge in [0, 0.05) is 10.8 Å². The fraction of sp³-hybridized carbons (Fsp3) is 0.889. The van der Waals surface area contributed by atoms with Crippen LogP contribution in [0.1, 0.15) is 32.1 Å². The molecule has 0 heterocycles. The van der Waals surface area contributed by atoms with Crippen LogP contribution in [-0.2, 0) is 0 Å². The molecule has 2 spiro atoms. The zero-order valence-corrected chi connectivity index (χ0v) is 6.43. The maximum atomic E-state index is 10.1. The Labute approximate surface area is 65.8 Å². The Morgan fingerprint density at radius 2 is 1.64 bits per heavy atom. The van der Waals surface area contributed by atoms with Crippen molar-refractivity contribution < 1.29 is 5.11 Å². The van der Waals surface area contributed by atoms with Crippen LogP contribution in [0.4, 0.5) is 0 Å². The lowest BCUT2D eigenvalue weighted by Crippen LogP contribution is -2.12. The lowest BCUT2D eigenvalue weighted by atomic mass is 10.1. The number of nitriles is 1. The van der Waals surface area contributed by atoms with Crippen LogP contribution in [0.2, 0.25) is 0 Å². The number of hydrogen-bond acceptors (Lipinski definition) is 2. The van der Waals surface area contributed by atoms with Crippen LogP contribution in [0.15, 0.2) is 0 Å². The molecule has 2 heteroatoms. The Morgan fingerprint density at radius 3 is 1.91 bits per heavy atom. The van der Waals surface area contributed by atoms with Gasteiger partial charge >= 0.3 is 0 Å². The molecular weight excluding hydrogens is 138 g/mol. The molecule has 3 aliphatic rings. The summed E-state index contributed by atoms with van der Waals surface area (Å²) in [6, 6.07) is 2.11. The maximum absolute atomic E-state index is 10.1. The second-order valence-electron chi connectivity index (χ2n) is 4.36. The summed E-state index contributed by atoms with van der Waals surface area (Å²) in [7, 11) is 0. The van der Waals surface area contributed by atoms with Gasteiger partial charge in [-0.15, -0.1) is 0 Å². The normalized spacial score (nSPS) is 45.5. The third-order valence-electron chi connectivity index (χ3n) is 4.27. The topological polar surface area (TPSA) is 44.0 Å². The summed E-state index contributed by atoms with van der Waals surface area (Å²) in [5, 5.41) is 18.6. The van der Waals surface area contributed by atoms with Crippen LogP contribution in [0.25, 0.3) is 0 Å². The molecule has 0 aromatic carbocycles. The minimum Gasteiger partial charge on any atom is -0.388 e. The maximum Gasteiger partial charge on any atom is 0.0901 e. The highest BCUT2D eigenvalue weighted by Crippen LogP contribution is 2.94. The van der Waals surface area contributed by atoms with E-state index in [2.05, 4.69) is 6.07 Å². The Morgan fingerprint density at radius 1 is 1.18 bits per heavy atom. The monoisotopic (exact) mass is 149 g/mol. The van der Waals surface area contributed by atoms with E-state index >= 15 is 0 Å². The molecule has 3 rings (SSSR count). The molecule has 0 atom stereocenters. The van der Waals surface area contributed by atoms with E-state index in [4.69, 9.17) is 5.26 Å². The molecule has 3 aliphatic carbocycles. The predicted octanol–water partition coefficient (Wildman–Crippen LogP) is 1.21. The predicted molar refractivity (Wildman–Crippen MR) is 38.5 cm³/mol. The summed E-state index contributed by atoms with van der Waals surface area (Å²) < 4.78 is 0.